The lowest BCUT2D eigenvalue weighted by Gasteiger charge is -2.07. The number of aromatic nitrogens is 2. The lowest BCUT2D eigenvalue weighted by atomic mass is 10.0. The van der Waals surface area contributed by atoms with E-state index in [9.17, 15) is 4.79 Å². The fraction of sp³-hybridized carbons (Fsp3) is 0.353. The third-order valence-electron chi connectivity index (χ3n) is 4.11. The summed E-state index contributed by atoms with van der Waals surface area (Å²) < 4.78 is 11.0. The van der Waals surface area contributed by atoms with Crippen LogP contribution in [0.3, 0.4) is 0 Å². The van der Waals surface area contributed by atoms with Crippen LogP contribution in [0.15, 0.2) is 37.1 Å². The van der Waals surface area contributed by atoms with Crippen molar-refractivity contribution in [1.82, 2.24) is 10.2 Å². The Balaban J connectivity index is 1.64. The molecule has 0 saturated heterocycles. The van der Waals surface area contributed by atoms with Crippen LogP contribution in [-0.2, 0) is 24.3 Å². The van der Waals surface area contributed by atoms with E-state index >= 15 is 0 Å². The molecule has 0 aliphatic heterocycles. The van der Waals surface area contributed by atoms with Gasteiger partial charge in [0.1, 0.15) is 5.58 Å². The molecule has 1 aliphatic rings. The zero-order valence-corrected chi connectivity index (χ0v) is 14.8. The van der Waals surface area contributed by atoms with Gasteiger partial charge in [0, 0.05) is 17.2 Å². The Hall–Kier alpha value is -1.73. The van der Waals surface area contributed by atoms with E-state index in [0.717, 1.165) is 23.8 Å². The summed E-state index contributed by atoms with van der Waals surface area (Å²) in [5.74, 6) is 1.93. The third kappa shape index (κ3) is 3.10. The van der Waals surface area contributed by atoms with Gasteiger partial charge in [-0.1, -0.05) is 11.8 Å². The van der Waals surface area contributed by atoms with Crippen molar-refractivity contribution in [2.24, 2.45) is 0 Å². The van der Waals surface area contributed by atoms with E-state index in [1.54, 1.807) is 17.8 Å². The van der Waals surface area contributed by atoms with E-state index in [4.69, 9.17) is 8.83 Å². The predicted octanol–water partition coefficient (Wildman–Crippen LogP) is 3.82. The average Bonchev–Trinajstić information content (AvgIpc) is 3.19. The summed E-state index contributed by atoms with van der Waals surface area (Å²) >= 11 is 3.09. The van der Waals surface area contributed by atoms with Crippen molar-refractivity contribution < 1.29 is 8.83 Å². The smallest absolute Gasteiger partial charge is 0.336 e. The molecule has 5 nitrogen and oxygen atoms in total. The highest BCUT2D eigenvalue weighted by Gasteiger charge is 2.16. The van der Waals surface area contributed by atoms with Gasteiger partial charge in [-0.25, -0.2) is 4.79 Å². The van der Waals surface area contributed by atoms with E-state index in [1.165, 1.54) is 29.3 Å². The molecule has 0 amide bonds. The number of fused-ring (bicyclic) bond motifs is 2. The van der Waals surface area contributed by atoms with Crippen LogP contribution in [-0.4, -0.2) is 16.5 Å². The van der Waals surface area contributed by atoms with Crippen molar-refractivity contribution in [2.75, 3.05) is 6.26 Å². The maximum absolute atomic E-state index is 11.9. The first kappa shape index (κ1) is 15.8. The number of rotatable bonds is 5. The lowest BCUT2D eigenvalue weighted by Crippen LogP contribution is -2.01. The highest BCUT2D eigenvalue weighted by Crippen LogP contribution is 2.31. The molecule has 0 bridgehead atoms. The molecular weight excluding hydrogens is 344 g/mol. The Labute approximate surface area is 147 Å². The van der Waals surface area contributed by atoms with E-state index in [-0.39, 0.29) is 5.63 Å². The molecule has 0 fully saturated rings. The van der Waals surface area contributed by atoms with Gasteiger partial charge < -0.3 is 8.83 Å². The minimum Gasteiger partial charge on any atom is -0.423 e. The van der Waals surface area contributed by atoms with Crippen LogP contribution in [0.4, 0.5) is 0 Å². The molecule has 0 atom stereocenters. The number of nitrogens with zero attached hydrogens (tertiary/aromatic N) is 2. The third-order valence-corrected chi connectivity index (χ3v) is 5.51. The van der Waals surface area contributed by atoms with Crippen molar-refractivity contribution in [3.8, 4) is 0 Å². The molecule has 0 N–H and O–H groups in total. The topological polar surface area (TPSA) is 69.1 Å². The van der Waals surface area contributed by atoms with Crippen LogP contribution in [0.2, 0.25) is 0 Å². The quantitative estimate of drug-likeness (QED) is 0.506. The van der Waals surface area contributed by atoms with Gasteiger partial charge in [-0.05, 0) is 54.3 Å². The highest BCUT2D eigenvalue weighted by atomic mass is 32.2. The van der Waals surface area contributed by atoms with Crippen LogP contribution < -0.4 is 5.63 Å². The maximum atomic E-state index is 11.9. The molecule has 2 aromatic heterocycles. The maximum Gasteiger partial charge on any atom is 0.336 e. The lowest BCUT2D eigenvalue weighted by molar-refractivity contribution is 0.426. The van der Waals surface area contributed by atoms with Gasteiger partial charge in [0.2, 0.25) is 5.89 Å². The summed E-state index contributed by atoms with van der Waals surface area (Å²) in [5, 5.41) is 9.58. The zero-order chi connectivity index (χ0) is 16.5. The van der Waals surface area contributed by atoms with Gasteiger partial charge in [-0.3, -0.25) is 0 Å². The minimum absolute atomic E-state index is 0.315. The Morgan fingerprint density at radius 1 is 1.08 bits per heavy atom. The summed E-state index contributed by atoms with van der Waals surface area (Å²) in [4.78, 5) is 11.9. The van der Waals surface area contributed by atoms with Gasteiger partial charge in [0.15, 0.2) is 0 Å². The van der Waals surface area contributed by atoms with Crippen molar-refractivity contribution in [3.05, 3.63) is 51.2 Å². The average molecular weight is 360 g/mol. The molecule has 24 heavy (non-hydrogen) atoms. The van der Waals surface area contributed by atoms with E-state index < -0.39 is 0 Å². The zero-order valence-electron chi connectivity index (χ0n) is 13.2. The monoisotopic (exact) mass is 360 g/mol. The van der Waals surface area contributed by atoms with Gasteiger partial charge in [0.05, 0.1) is 5.75 Å². The molecule has 124 valence electrons. The summed E-state index contributed by atoms with van der Waals surface area (Å²) in [5.41, 5.74) is 3.97. The van der Waals surface area contributed by atoms with Crippen molar-refractivity contribution in [1.29, 1.82) is 0 Å². The molecule has 1 aliphatic carbocycles. The molecule has 1 aromatic carbocycles. The first-order valence-electron chi connectivity index (χ1n) is 7.75. The molecule has 7 heteroatoms. The molecule has 0 saturated carbocycles. The normalized spacial score (nSPS) is 13.5. The van der Waals surface area contributed by atoms with Crippen LogP contribution in [0.25, 0.3) is 11.0 Å². The minimum atomic E-state index is -0.315. The molecule has 0 radical (unpaired) electrons. The fourth-order valence-corrected chi connectivity index (χ4v) is 4.17. The van der Waals surface area contributed by atoms with Gasteiger partial charge in [-0.2, -0.15) is 11.8 Å². The van der Waals surface area contributed by atoms with Gasteiger partial charge in [0.25, 0.3) is 5.22 Å². The van der Waals surface area contributed by atoms with E-state index in [0.29, 0.717) is 28.2 Å². The Bertz CT molecular complexity index is 949. The SMILES string of the molecule is CSCc1nnc(SCc2cc(=O)oc3cc4c(cc23)CCC4)o1. The Morgan fingerprint density at radius 3 is 2.75 bits per heavy atom. The Kier molecular flexibility index (Phi) is 4.37. The van der Waals surface area contributed by atoms with Crippen LogP contribution in [0, 0.1) is 0 Å². The molecule has 0 unspecified atom stereocenters. The summed E-state index contributed by atoms with van der Waals surface area (Å²) in [6.45, 7) is 0. The number of benzene rings is 1. The Morgan fingerprint density at radius 2 is 1.92 bits per heavy atom. The fourth-order valence-electron chi connectivity index (χ4n) is 3.03. The van der Waals surface area contributed by atoms with Gasteiger partial charge in [-0.15, -0.1) is 10.2 Å². The van der Waals surface area contributed by atoms with Gasteiger partial charge >= 0.3 is 5.63 Å². The van der Waals surface area contributed by atoms with Crippen molar-refractivity contribution >= 4 is 34.5 Å². The number of thioether (sulfide) groups is 2. The van der Waals surface area contributed by atoms with Crippen molar-refractivity contribution in [2.45, 2.75) is 36.0 Å². The molecule has 3 aromatic rings. The summed E-state index contributed by atoms with van der Waals surface area (Å²) in [6.07, 6.45) is 5.32. The largest absolute Gasteiger partial charge is 0.423 e. The first-order valence-corrected chi connectivity index (χ1v) is 10.1. The van der Waals surface area contributed by atoms with E-state index in [2.05, 4.69) is 16.3 Å². The second-order valence-corrected chi connectivity index (χ2v) is 7.54. The number of aryl methyl sites for hydroxylation is 2. The number of hydrogen-bond acceptors (Lipinski definition) is 7. The predicted molar refractivity (Wildman–Crippen MR) is 95.6 cm³/mol. The number of hydrogen-bond donors (Lipinski definition) is 0. The standard InChI is InChI=1S/C17H16N2O3S2/c1-23-9-15-18-19-17(22-15)24-8-12-7-16(20)21-14-6-11-4-2-3-10(11)5-13(12)14/h5-7H,2-4,8-9H2,1H3. The van der Waals surface area contributed by atoms with Crippen LogP contribution >= 0.6 is 23.5 Å². The highest BCUT2D eigenvalue weighted by molar-refractivity contribution is 7.98. The first-order chi connectivity index (χ1) is 11.7. The molecular formula is C17H16N2O3S2. The van der Waals surface area contributed by atoms with Crippen LogP contribution in [0.1, 0.15) is 29.0 Å². The summed E-state index contributed by atoms with van der Waals surface area (Å²) in [6, 6.07) is 5.76. The van der Waals surface area contributed by atoms with Crippen molar-refractivity contribution in [3.63, 3.8) is 0 Å². The second kappa shape index (κ2) is 6.64. The van der Waals surface area contributed by atoms with Crippen LogP contribution in [0.5, 0.6) is 0 Å². The second-order valence-electron chi connectivity index (χ2n) is 5.74. The molecule has 4 rings (SSSR count). The molecule has 2 heterocycles. The molecule has 0 spiro atoms. The summed E-state index contributed by atoms with van der Waals surface area (Å²) in [7, 11) is 0. The van der Waals surface area contributed by atoms with E-state index in [1.807, 2.05) is 12.3 Å².